The number of carbonyl (C=O) groups is 3. The van der Waals surface area contributed by atoms with Crippen LogP contribution in [0.2, 0.25) is 5.02 Å². The second kappa shape index (κ2) is 9.95. The Morgan fingerprint density at radius 3 is 2.44 bits per heavy atom. The SMILES string of the molecule is CONC(=O)C(=O)c1cn(C)c2cc(Cl)c(C(=O)N3CCC(Cc4ccc(F)cc4)CC3)cc12. The predicted octanol–water partition coefficient (Wildman–Crippen LogP) is 3.93. The zero-order valence-corrected chi connectivity index (χ0v) is 19.7. The van der Waals surface area contributed by atoms with Gasteiger partial charge in [0.2, 0.25) is 0 Å². The first-order valence-corrected chi connectivity index (χ1v) is 11.4. The minimum absolute atomic E-state index is 0.163. The summed E-state index contributed by atoms with van der Waals surface area (Å²) in [6, 6.07) is 9.75. The number of nitrogens with one attached hydrogen (secondary N) is 1. The molecular formula is C25H25ClFN3O4. The Morgan fingerprint density at radius 2 is 1.79 bits per heavy atom. The van der Waals surface area contributed by atoms with E-state index in [0.717, 1.165) is 24.8 Å². The highest BCUT2D eigenvalue weighted by molar-refractivity contribution is 6.45. The zero-order chi connectivity index (χ0) is 24.4. The van der Waals surface area contributed by atoms with Gasteiger partial charge >= 0.3 is 5.91 Å². The average Bonchev–Trinajstić information content (AvgIpc) is 3.15. The Labute approximate surface area is 201 Å². The summed E-state index contributed by atoms with van der Waals surface area (Å²) >= 11 is 6.46. The molecule has 0 bridgehead atoms. The quantitative estimate of drug-likeness (QED) is 0.326. The largest absolute Gasteiger partial charge is 0.350 e. The molecule has 1 saturated heterocycles. The summed E-state index contributed by atoms with van der Waals surface area (Å²) < 4.78 is 14.8. The number of hydroxylamine groups is 1. The van der Waals surface area contributed by atoms with Gasteiger partial charge in [0.15, 0.2) is 0 Å². The molecule has 0 unspecified atom stereocenters. The summed E-state index contributed by atoms with van der Waals surface area (Å²) in [7, 11) is 2.98. The molecule has 1 aliphatic heterocycles. The van der Waals surface area contributed by atoms with Crippen molar-refractivity contribution in [3.05, 3.63) is 70.1 Å². The molecule has 1 aliphatic rings. The maximum absolute atomic E-state index is 13.3. The molecule has 4 rings (SSSR count). The topological polar surface area (TPSA) is 80.6 Å². The molecule has 0 radical (unpaired) electrons. The van der Waals surface area contributed by atoms with E-state index in [0.29, 0.717) is 35.5 Å². The maximum atomic E-state index is 13.3. The summed E-state index contributed by atoms with van der Waals surface area (Å²) in [4.78, 5) is 44.2. The predicted molar refractivity (Wildman–Crippen MR) is 126 cm³/mol. The van der Waals surface area contributed by atoms with E-state index in [1.807, 2.05) is 5.48 Å². The Balaban J connectivity index is 1.51. The molecule has 3 aromatic rings. The number of ketones is 1. The van der Waals surface area contributed by atoms with E-state index in [1.54, 1.807) is 40.8 Å². The standard InChI is InChI=1S/C25H25ClFN3O4/c1-29-14-20(23(31)24(32)28-34-2)18-12-19(21(26)13-22(18)29)25(33)30-9-7-16(8-10-30)11-15-3-5-17(27)6-4-15/h3-6,12-14,16H,7-11H2,1-2H3,(H,28,32). The van der Waals surface area contributed by atoms with Gasteiger partial charge in [-0.15, -0.1) is 0 Å². The van der Waals surface area contributed by atoms with Gasteiger partial charge in [0, 0.05) is 31.7 Å². The number of hydrogen-bond donors (Lipinski definition) is 1. The highest BCUT2D eigenvalue weighted by Gasteiger charge is 2.27. The van der Waals surface area contributed by atoms with Gasteiger partial charge in [-0.2, -0.15) is 0 Å². The number of aromatic nitrogens is 1. The fourth-order valence-corrected chi connectivity index (χ4v) is 4.71. The lowest BCUT2D eigenvalue weighted by Gasteiger charge is -2.32. The molecule has 0 spiro atoms. The van der Waals surface area contributed by atoms with Gasteiger partial charge in [-0.25, -0.2) is 9.87 Å². The summed E-state index contributed by atoms with van der Waals surface area (Å²) in [5.41, 5.74) is 4.19. The molecule has 1 fully saturated rings. The minimum Gasteiger partial charge on any atom is -0.350 e. The van der Waals surface area contributed by atoms with E-state index in [9.17, 15) is 18.8 Å². The fraction of sp³-hybridized carbons (Fsp3) is 0.320. The number of halogens is 2. The third kappa shape index (κ3) is 4.83. The highest BCUT2D eigenvalue weighted by atomic mass is 35.5. The summed E-state index contributed by atoms with van der Waals surface area (Å²) in [5.74, 6) is -1.72. The van der Waals surface area contributed by atoms with Crippen LogP contribution in [0.1, 0.15) is 39.1 Å². The van der Waals surface area contributed by atoms with Crippen LogP contribution in [0.3, 0.4) is 0 Å². The first-order valence-electron chi connectivity index (χ1n) is 11.0. The van der Waals surface area contributed by atoms with Gasteiger partial charge in [-0.3, -0.25) is 19.2 Å². The Morgan fingerprint density at radius 1 is 1.12 bits per heavy atom. The number of likely N-dealkylation sites (tertiary alicyclic amines) is 1. The molecule has 0 atom stereocenters. The van der Waals surface area contributed by atoms with Crippen molar-refractivity contribution in [2.24, 2.45) is 13.0 Å². The van der Waals surface area contributed by atoms with Crippen LogP contribution >= 0.6 is 11.6 Å². The van der Waals surface area contributed by atoms with Crippen LogP contribution in [0.5, 0.6) is 0 Å². The van der Waals surface area contributed by atoms with Gasteiger partial charge in [-0.1, -0.05) is 23.7 Å². The number of piperidine rings is 1. The van der Waals surface area contributed by atoms with E-state index in [2.05, 4.69) is 4.84 Å². The maximum Gasteiger partial charge on any atom is 0.315 e. The molecule has 1 aromatic heterocycles. The molecule has 34 heavy (non-hydrogen) atoms. The molecule has 0 saturated carbocycles. The number of Topliss-reactive ketones (excluding diaryl/α,β-unsaturated/α-hetero) is 1. The summed E-state index contributed by atoms with van der Waals surface area (Å²) in [6.07, 6.45) is 4.03. The number of carbonyl (C=O) groups excluding carboxylic acids is 3. The number of benzene rings is 2. The number of hydrogen-bond acceptors (Lipinski definition) is 4. The van der Waals surface area contributed by atoms with E-state index < -0.39 is 11.7 Å². The third-order valence-electron chi connectivity index (χ3n) is 6.29. The van der Waals surface area contributed by atoms with Crippen molar-refractivity contribution in [1.29, 1.82) is 0 Å². The molecule has 1 N–H and O–H groups in total. The number of aryl methyl sites for hydroxylation is 1. The van der Waals surface area contributed by atoms with E-state index in [1.165, 1.54) is 25.4 Å². The Kier molecular flexibility index (Phi) is 7.00. The van der Waals surface area contributed by atoms with Gasteiger partial charge in [0.1, 0.15) is 5.82 Å². The van der Waals surface area contributed by atoms with Crippen molar-refractivity contribution in [2.75, 3.05) is 20.2 Å². The van der Waals surface area contributed by atoms with Crippen LogP contribution < -0.4 is 5.48 Å². The third-order valence-corrected chi connectivity index (χ3v) is 6.61. The number of amides is 2. The van der Waals surface area contributed by atoms with E-state index in [4.69, 9.17) is 11.6 Å². The summed E-state index contributed by atoms with van der Waals surface area (Å²) in [6.45, 7) is 1.16. The van der Waals surface area contributed by atoms with E-state index >= 15 is 0 Å². The van der Waals surface area contributed by atoms with Crippen LogP contribution in [0.15, 0.2) is 42.6 Å². The minimum atomic E-state index is -0.902. The summed E-state index contributed by atoms with van der Waals surface area (Å²) in [5, 5.41) is 0.755. The van der Waals surface area contributed by atoms with Crippen molar-refractivity contribution in [1.82, 2.24) is 14.9 Å². The molecule has 9 heteroatoms. The highest BCUT2D eigenvalue weighted by Crippen LogP contribution is 2.30. The van der Waals surface area contributed by atoms with Crippen LogP contribution in [0, 0.1) is 11.7 Å². The monoisotopic (exact) mass is 485 g/mol. The molecule has 2 amide bonds. The zero-order valence-electron chi connectivity index (χ0n) is 18.9. The lowest BCUT2D eigenvalue weighted by atomic mass is 9.90. The first-order chi connectivity index (χ1) is 16.3. The molecule has 2 heterocycles. The van der Waals surface area contributed by atoms with Gasteiger partial charge in [0.25, 0.3) is 11.7 Å². The second-order valence-corrected chi connectivity index (χ2v) is 8.94. The molecule has 7 nitrogen and oxygen atoms in total. The van der Waals surface area contributed by atoms with Crippen molar-refractivity contribution >= 4 is 40.1 Å². The van der Waals surface area contributed by atoms with Crippen molar-refractivity contribution in [2.45, 2.75) is 19.3 Å². The normalized spacial score (nSPS) is 14.4. The van der Waals surface area contributed by atoms with Crippen LogP contribution in [-0.4, -0.2) is 47.3 Å². The lowest BCUT2D eigenvalue weighted by molar-refractivity contribution is -0.126. The number of rotatable bonds is 6. The van der Waals surface area contributed by atoms with Crippen molar-refractivity contribution < 1.29 is 23.6 Å². The number of nitrogens with zero attached hydrogens (tertiary/aromatic N) is 2. The molecule has 2 aromatic carbocycles. The average molecular weight is 486 g/mol. The van der Waals surface area contributed by atoms with Crippen LogP contribution in [0.4, 0.5) is 4.39 Å². The van der Waals surface area contributed by atoms with Gasteiger partial charge in [0.05, 0.1) is 28.8 Å². The Hall–Kier alpha value is -3.23. The van der Waals surface area contributed by atoms with Crippen LogP contribution in [0.25, 0.3) is 10.9 Å². The second-order valence-electron chi connectivity index (χ2n) is 8.53. The van der Waals surface area contributed by atoms with Gasteiger partial charge in [-0.05, 0) is 55.0 Å². The fourth-order valence-electron chi connectivity index (χ4n) is 4.47. The van der Waals surface area contributed by atoms with Crippen molar-refractivity contribution in [3.63, 3.8) is 0 Å². The number of fused-ring (bicyclic) bond motifs is 1. The smallest absolute Gasteiger partial charge is 0.315 e. The Bertz CT molecular complexity index is 1250. The molecule has 0 aliphatic carbocycles. The molecular weight excluding hydrogens is 461 g/mol. The van der Waals surface area contributed by atoms with E-state index in [-0.39, 0.29) is 22.3 Å². The lowest BCUT2D eigenvalue weighted by Crippen LogP contribution is -2.39. The molecule has 178 valence electrons. The van der Waals surface area contributed by atoms with Gasteiger partial charge < -0.3 is 9.47 Å². The van der Waals surface area contributed by atoms with Crippen LogP contribution in [-0.2, 0) is 23.1 Å². The first kappa shape index (κ1) is 23.9. The van der Waals surface area contributed by atoms with Crippen molar-refractivity contribution in [3.8, 4) is 0 Å².